The second-order valence-electron chi connectivity index (χ2n) is 5.00. The second kappa shape index (κ2) is 5.94. The lowest BCUT2D eigenvalue weighted by molar-refractivity contribution is 0.178. The van der Waals surface area contributed by atoms with Crippen molar-refractivity contribution in [3.05, 3.63) is 29.8 Å². The number of hydrogen-bond acceptors (Lipinski definition) is 4. The van der Waals surface area contributed by atoms with Gasteiger partial charge < -0.3 is 10.5 Å². The van der Waals surface area contributed by atoms with E-state index in [1.165, 1.54) is 0 Å². The number of nitrogens with one attached hydrogen (secondary N) is 1. The van der Waals surface area contributed by atoms with Crippen LogP contribution in [-0.4, -0.2) is 33.7 Å². The standard InChI is InChI=1S/C14H18N2O3S/c1-14(8-10-19-11-14)16-20(17,18)13-6-4-12(5-7-13)3-2-9-15/h4-7,16H,8-11,15H2,1H3. The van der Waals surface area contributed by atoms with Crippen LogP contribution in [0.15, 0.2) is 29.2 Å². The molecule has 0 spiro atoms. The molecular formula is C14H18N2O3S. The summed E-state index contributed by atoms with van der Waals surface area (Å²) in [5.74, 6) is 5.58. The number of sulfonamides is 1. The van der Waals surface area contributed by atoms with E-state index in [0.29, 0.717) is 19.6 Å². The lowest BCUT2D eigenvalue weighted by Gasteiger charge is -2.23. The summed E-state index contributed by atoms with van der Waals surface area (Å²) in [6.07, 6.45) is 0.673. The molecule has 1 aliphatic heterocycles. The summed E-state index contributed by atoms with van der Waals surface area (Å²) < 4.78 is 32.5. The van der Waals surface area contributed by atoms with Crippen LogP contribution in [-0.2, 0) is 14.8 Å². The molecule has 6 heteroatoms. The number of nitrogens with two attached hydrogens (primary N) is 1. The normalized spacial score (nSPS) is 22.3. The minimum Gasteiger partial charge on any atom is -0.379 e. The van der Waals surface area contributed by atoms with Gasteiger partial charge in [0.15, 0.2) is 0 Å². The van der Waals surface area contributed by atoms with Crippen LogP contribution < -0.4 is 10.5 Å². The van der Waals surface area contributed by atoms with Gasteiger partial charge in [-0.1, -0.05) is 11.8 Å². The van der Waals surface area contributed by atoms with Gasteiger partial charge in [0.05, 0.1) is 23.6 Å². The fourth-order valence-corrected chi connectivity index (χ4v) is 3.42. The van der Waals surface area contributed by atoms with E-state index in [1.54, 1.807) is 24.3 Å². The Bertz CT molecular complexity index is 621. The Hall–Kier alpha value is -1.39. The molecular weight excluding hydrogens is 276 g/mol. The Kier molecular flexibility index (Phi) is 4.45. The SMILES string of the molecule is CC1(NS(=O)(=O)c2ccc(C#CCN)cc2)CCOC1. The molecule has 0 bridgehead atoms. The zero-order valence-electron chi connectivity index (χ0n) is 11.3. The lowest BCUT2D eigenvalue weighted by Crippen LogP contribution is -2.46. The van der Waals surface area contributed by atoms with Crippen LogP contribution in [0, 0.1) is 11.8 Å². The highest BCUT2D eigenvalue weighted by molar-refractivity contribution is 7.89. The highest BCUT2D eigenvalue weighted by Crippen LogP contribution is 2.21. The quantitative estimate of drug-likeness (QED) is 0.793. The first-order chi connectivity index (χ1) is 9.45. The average Bonchev–Trinajstić information content (AvgIpc) is 2.82. The maximum absolute atomic E-state index is 12.3. The van der Waals surface area contributed by atoms with Crippen LogP contribution in [0.1, 0.15) is 18.9 Å². The Labute approximate surface area is 119 Å². The number of hydrogen-bond donors (Lipinski definition) is 2. The van der Waals surface area contributed by atoms with Crippen molar-refractivity contribution >= 4 is 10.0 Å². The summed E-state index contributed by atoms with van der Waals surface area (Å²) in [7, 11) is -3.54. The number of benzene rings is 1. The predicted molar refractivity (Wildman–Crippen MR) is 76.5 cm³/mol. The van der Waals surface area contributed by atoms with Crippen LogP contribution in [0.5, 0.6) is 0 Å². The van der Waals surface area contributed by atoms with Crippen molar-refractivity contribution in [3.8, 4) is 11.8 Å². The number of ether oxygens (including phenoxy) is 1. The van der Waals surface area contributed by atoms with Crippen LogP contribution in [0.2, 0.25) is 0 Å². The third-order valence-electron chi connectivity index (χ3n) is 3.10. The third kappa shape index (κ3) is 3.58. The van der Waals surface area contributed by atoms with Crippen molar-refractivity contribution < 1.29 is 13.2 Å². The first-order valence-electron chi connectivity index (χ1n) is 6.36. The van der Waals surface area contributed by atoms with E-state index < -0.39 is 15.6 Å². The van der Waals surface area contributed by atoms with E-state index in [4.69, 9.17) is 10.5 Å². The molecule has 0 aromatic heterocycles. The monoisotopic (exact) mass is 294 g/mol. The Morgan fingerprint density at radius 3 is 2.65 bits per heavy atom. The van der Waals surface area contributed by atoms with Crippen molar-refractivity contribution in [2.45, 2.75) is 23.8 Å². The zero-order valence-corrected chi connectivity index (χ0v) is 12.2. The summed E-state index contributed by atoms with van der Waals surface area (Å²) in [5, 5.41) is 0. The predicted octanol–water partition coefficient (Wildman–Crippen LogP) is 0.454. The summed E-state index contributed by atoms with van der Waals surface area (Å²) in [6, 6.07) is 6.43. The summed E-state index contributed by atoms with van der Waals surface area (Å²) >= 11 is 0. The van der Waals surface area contributed by atoms with E-state index in [9.17, 15) is 8.42 Å². The molecule has 1 fully saturated rings. The molecule has 2 rings (SSSR count). The van der Waals surface area contributed by atoms with Crippen LogP contribution >= 0.6 is 0 Å². The van der Waals surface area contributed by atoms with Crippen molar-refractivity contribution in [1.29, 1.82) is 0 Å². The van der Waals surface area contributed by atoms with Gasteiger partial charge in [-0.3, -0.25) is 0 Å². The maximum atomic E-state index is 12.3. The Balaban J connectivity index is 2.17. The summed E-state index contributed by atoms with van der Waals surface area (Å²) in [6.45, 7) is 3.09. The smallest absolute Gasteiger partial charge is 0.241 e. The summed E-state index contributed by atoms with van der Waals surface area (Å²) in [4.78, 5) is 0.226. The first kappa shape index (κ1) is 15.0. The molecule has 20 heavy (non-hydrogen) atoms. The van der Waals surface area contributed by atoms with Gasteiger partial charge in [0.2, 0.25) is 10.0 Å². The first-order valence-corrected chi connectivity index (χ1v) is 7.84. The van der Waals surface area contributed by atoms with Crippen molar-refractivity contribution in [3.63, 3.8) is 0 Å². The molecule has 1 atom stereocenters. The minimum absolute atomic E-state index is 0.226. The Morgan fingerprint density at radius 1 is 1.40 bits per heavy atom. The van der Waals surface area contributed by atoms with E-state index in [1.807, 2.05) is 6.92 Å². The topological polar surface area (TPSA) is 81.4 Å². The highest BCUT2D eigenvalue weighted by atomic mass is 32.2. The summed E-state index contributed by atoms with van der Waals surface area (Å²) in [5.41, 5.74) is 5.50. The molecule has 1 heterocycles. The molecule has 5 nitrogen and oxygen atoms in total. The van der Waals surface area contributed by atoms with Gasteiger partial charge in [-0.25, -0.2) is 13.1 Å². The van der Waals surface area contributed by atoms with E-state index >= 15 is 0 Å². The molecule has 0 aliphatic carbocycles. The van der Waals surface area contributed by atoms with Crippen molar-refractivity contribution in [2.24, 2.45) is 5.73 Å². The molecule has 3 N–H and O–H groups in total. The fraction of sp³-hybridized carbons (Fsp3) is 0.429. The fourth-order valence-electron chi connectivity index (χ4n) is 2.00. The highest BCUT2D eigenvalue weighted by Gasteiger charge is 2.34. The van der Waals surface area contributed by atoms with Gasteiger partial charge in [0, 0.05) is 12.2 Å². The molecule has 0 amide bonds. The average molecular weight is 294 g/mol. The molecule has 1 aliphatic rings. The molecule has 0 radical (unpaired) electrons. The lowest BCUT2D eigenvalue weighted by atomic mass is 10.0. The largest absolute Gasteiger partial charge is 0.379 e. The van der Waals surface area contributed by atoms with Crippen LogP contribution in [0.4, 0.5) is 0 Å². The zero-order chi connectivity index (χ0) is 14.6. The van der Waals surface area contributed by atoms with Gasteiger partial charge >= 0.3 is 0 Å². The minimum atomic E-state index is -3.54. The maximum Gasteiger partial charge on any atom is 0.241 e. The van der Waals surface area contributed by atoms with Gasteiger partial charge in [-0.15, -0.1) is 0 Å². The van der Waals surface area contributed by atoms with Gasteiger partial charge in [0.1, 0.15) is 0 Å². The number of rotatable bonds is 3. The Morgan fingerprint density at radius 2 is 2.10 bits per heavy atom. The molecule has 1 aromatic rings. The van der Waals surface area contributed by atoms with Crippen molar-refractivity contribution in [1.82, 2.24) is 4.72 Å². The van der Waals surface area contributed by atoms with E-state index in [0.717, 1.165) is 5.56 Å². The molecule has 1 unspecified atom stereocenters. The second-order valence-corrected chi connectivity index (χ2v) is 6.68. The molecule has 108 valence electrons. The van der Waals surface area contributed by atoms with E-state index in [-0.39, 0.29) is 11.4 Å². The van der Waals surface area contributed by atoms with E-state index in [2.05, 4.69) is 16.6 Å². The molecule has 0 saturated carbocycles. The third-order valence-corrected chi connectivity index (χ3v) is 4.75. The van der Waals surface area contributed by atoms with Gasteiger partial charge in [-0.05, 0) is 37.6 Å². The van der Waals surface area contributed by atoms with Crippen LogP contribution in [0.3, 0.4) is 0 Å². The van der Waals surface area contributed by atoms with Crippen molar-refractivity contribution in [2.75, 3.05) is 19.8 Å². The van der Waals surface area contributed by atoms with Gasteiger partial charge in [0.25, 0.3) is 0 Å². The van der Waals surface area contributed by atoms with Gasteiger partial charge in [-0.2, -0.15) is 0 Å². The molecule has 1 aromatic carbocycles. The molecule has 1 saturated heterocycles. The van der Waals surface area contributed by atoms with Crippen LogP contribution in [0.25, 0.3) is 0 Å².